The second-order valence-electron chi connectivity index (χ2n) is 6.48. The Hall–Kier alpha value is -2.05. The first-order chi connectivity index (χ1) is 12.1. The molecule has 1 saturated heterocycles. The molecular weight excluding hydrogens is 318 g/mol. The first kappa shape index (κ1) is 17.8. The van der Waals surface area contributed by atoms with Crippen LogP contribution >= 0.6 is 0 Å². The highest BCUT2D eigenvalue weighted by molar-refractivity contribution is 5.40. The first-order valence-electron chi connectivity index (χ1n) is 8.67. The van der Waals surface area contributed by atoms with Gasteiger partial charge in [0.15, 0.2) is 0 Å². The Morgan fingerprint density at radius 1 is 1.00 bits per heavy atom. The zero-order chi connectivity index (χ0) is 17.8. The van der Waals surface area contributed by atoms with E-state index in [-0.39, 0.29) is 0 Å². The van der Waals surface area contributed by atoms with Crippen LogP contribution in [0, 0.1) is 13.8 Å². The molecule has 1 aromatic heterocycles. The van der Waals surface area contributed by atoms with Crippen LogP contribution in [-0.2, 0) is 13.1 Å². The number of methoxy groups -OCH3 is 2. The fourth-order valence-corrected chi connectivity index (χ4v) is 3.15. The molecule has 1 aliphatic rings. The van der Waals surface area contributed by atoms with Gasteiger partial charge in [0.1, 0.15) is 17.3 Å². The topological polar surface area (TPSA) is 51.0 Å². The molecule has 0 radical (unpaired) electrons. The number of rotatable bonds is 6. The maximum Gasteiger partial charge on any atom is 0.208 e. The molecule has 0 aliphatic carbocycles. The molecule has 0 N–H and O–H groups in total. The summed E-state index contributed by atoms with van der Waals surface area (Å²) in [5.74, 6) is 3.51. The van der Waals surface area contributed by atoms with E-state index in [0.717, 1.165) is 73.7 Å². The summed E-state index contributed by atoms with van der Waals surface area (Å²) >= 11 is 0. The number of aromatic nitrogens is 1. The number of benzene rings is 1. The van der Waals surface area contributed by atoms with Crippen molar-refractivity contribution in [3.63, 3.8) is 0 Å². The molecule has 6 nitrogen and oxygen atoms in total. The molecule has 2 heterocycles. The van der Waals surface area contributed by atoms with Crippen LogP contribution in [0.5, 0.6) is 11.5 Å². The molecule has 2 aromatic rings. The monoisotopic (exact) mass is 345 g/mol. The maximum absolute atomic E-state index is 5.70. The highest BCUT2D eigenvalue weighted by atomic mass is 16.5. The summed E-state index contributed by atoms with van der Waals surface area (Å²) in [7, 11) is 3.40. The standard InChI is InChI=1S/C19H27N3O3/c1-14-15(2)25-19(20-14)13-22-9-7-21(8-10-22)12-16-11-17(23-3)5-6-18(16)24-4/h5-6,11H,7-10,12-13H2,1-4H3. The van der Waals surface area contributed by atoms with Gasteiger partial charge in [-0.05, 0) is 32.0 Å². The van der Waals surface area contributed by atoms with Gasteiger partial charge in [-0.25, -0.2) is 4.98 Å². The lowest BCUT2D eigenvalue weighted by molar-refractivity contribution is 0.113. The molecule has 136 valence electrons. The quantitative estimate of drug-likeness (QED) is 0.802. The van der Waals surface area contributed by atoms with Gasteiger partial charge in [0, 0.05) is 38.3 Å². The highest BCUT2D eigenvalue weighted by Crippen LogP contribution is 2.25. The van der Waals surface area contributed by atoms with Crippen molar-refractivity contribution in [1.82, 2.24) is 14.8 Å². The van der Waals surface area contributed by atoms with Crippen molar-refractivity contribution in [2.45, 2.75) is 26.9 Å². The summed E-state index contributed by atoms with van der Waals surface area (Å²) in [5, 5.41) is 0. The molecule has 0 amide bonds. The largest absolute Gasteiger partial charge is 0.497 e. The van der Waals surface area contributed by atoms with E-state index < -0.39 is 0 Å². The number of oxazole rings is 1. The molecule has 1 aromatic carbocycles. The minimum absolute atomic E-state index is 0.783. The molecule has 3 rings (SSSR count). The van der Waals surface area contributed by atoms with Crippen LogP contribution in [-0.4, -0.2) is 55.2 Å². The number of aryl methyl sites for hydroxylation is 2. The van der Waals surface area contributed by atoms with Gasteiger partial charge in [-0.2, -0.15) is 0 Å². The van der Waals surface area contributed by atoms with Crippen molar-refractivity contribution in [1.29, 1.82) is 0 Å². The lowest BCUT2D eigenvalue weighted by Gasteiger charge is -2.34. The zero-order valence-electron chi connectivity index (χ0n) is 15.5. The Bertz CT molecular complexity index is 686. The van der Waals surface area contributed by atoms with Gasteiger partial charge >= 0.3 is 0 Å². The Kier molecular flexibility index (Phi) is 5.60. The summed E-state index contributed by atoms with van der Waals surface area (Å²) in [5.41, 5.74) is 2.15. The summed E-state index contributed by atoms with van der Waals surface area (Å²) in [6.45, 7) is 9.64. The van der Waals surface area contributed by atoms with Gasteiger partial charge in [-0.1, -0.05) is 0 Å². The van der Waals surface area contributed by atoms with E-state index in [1.165, 1.54) is 0 Å². The lowest BCUT2D eigenvalue weighted by Crippen LogP contribution is -2.45. The summed E-state index contributed by atoms with van der Waals surface area (Å²) < 4.78 is 16.5. The summed E-state index contributed by atoms with van der Waals surface area (Å²) in [6, 6.07) is 5.96. The predicted molar refractivity (Wildman–Crippen MR) is 96.1 cm³/mol. The Morgan fingerprint density at radius 2 is 1.68 bits per heavy atom. The Balaban J connectivity index is 1.55. The van der Waals surface area contributed by atoms with Crippen molar-refractivity contribution in [3.05, 3.63) is 41.1 Å². The lowest BCUT2D eigenvalue weighted by atomic mass is 10.1. The average Bonchev–Trinajstić information content (AvgIpc) is 2.94. The van der Waals surface area contributed by atoms with Crippen LogP contribution in [0.4, 0.5) is 0 Å². The van der Waals surface area contributed by atoms with Gasteiger partial charge in [-0.15, -0.1) is 0 Å². The van der Waals surface area contributed by atoms with Crippen molar-refractivity contribution in [2.75, 3.05) is 40.4 Å². The number of hydrogen-bond acceptors (Lipinski definition) is 6. The molecular formula is C19H27N3O3. The maximum atomic E-state index is 5.70. The van der Waals surface area contributed by atoms with Crippen LogP contribution in [0.2, 0.25) is 0 Å². The molecule has 25 heavy (non-hydrogen) atoms. The Morgan fingerprint density at radius 3 is 2.24 bits per heavy atom. The van der Waals surface area contributed by atoms with E-state index >= 15 is 0 Å². The molecule has 0 spiro atoms. The number of ether oxygens (including phenoxy) is 2. The second kappa shape index (κ2) is 7.89. The van der Waals surface area contributed by atoms with Crippen LogP contribution in [0.15, 0.2) is 22.6 Å². The zero-order valence-corrected chi connectivity index (χ0v) is 15.5. The summed E-state index contributed by atoms with van der Waals surface area (Å²) in [6.07, 6.45) is 0. The van der Waals surface area contributed by atoms with Gasteiger partial charge < -0.3 is 13.9 Å². The van der Waals surface area contributed by atoms with Crippen LogP contribution in [0.3, 0.4) is 0 Å². The predicted octanol–water partition coefficient (Wildman–Crippen LogP) is 2.63. The Labute approximate surface area is 149 Å². The molecule has 6 heteroatoms. The molecule has 0 saturated carbocycles. The molecule has 0 atom stereocenters. The van der Waals surface area contributed by atoms with E-state index in [9.17, 15) is 0 Å². The van der Waals surface area contributed by atoms with Crippen LogP contribution in [0.1, 0.15) is 22.9 Å². The third kappa shape index (κ3) is 4.32. The van der Waals surface area contributed by atoms with E-state index in [0.29, 0.717) is 0 Å². The van der Waals surface area contributed by atoms with Gasteiger partial charge in [0.05, 0.1) is 26.5 Å². The van der Waals surface area contributed by atoms with Crippen LogP contribution < -0.4 is 9.47 Å². The first-order valence-corrected chi connectivity index (χ1v) is 8.67. The van der Waals surface area contributed by atoms with Crippen molar-refractivity contribution < 1.29 is 13.9 Å². The number of hydrogen-bond donors (Lipinski definition) is 0. The molecule has 0 unspecified atom stereocenters. The fourth-order valence-electron chi connectivity index (χ4n) is 3.15. The van der Waals surface area contributed by atoms with Crippen molar-refractivity contribution in [3.8, 4) is 11.5 Å². The number of nitrogens with zero attached hydrogens (tertiary/aromatic N) is 3. The fraction of sp³-hybridized carbons (Fsp3) is 0.526. The van der Waals surface area contributed by atoms with Crippen LogP contribution in [0.25, 0.3) is 0 Å². The molecule has 1 fully saturated rings. The summed E-state index contributed by atoms with van der Waals surface area (Å²) in [4.78, 5) is 9.32. The van der Waals surface area contributed by atoms with E-state index in [1.54, 1.807) is 14.2 Å². The van der Waals surface area contributed by atoms with Crippen molar-refractivity contribution >= 4 is 0 Å². The minimum Gasteiger partial charge on any atom is -0.497 e. The minimum atomic E-state index is 0.783. The van der Waals surface area contributed by atoms with E-state index in [4.69, 9.17) is 13.9 Å². The average molecular weight is 345 g/mol. The van der Waals surface area contributed by atoms with E-state index in [2.05, 4.69) is 20.9 Å². The second-order valence-corrected chi connectivity index (χ2v) is 6.48. The number of piperazine rings is 1. The highest BCUT2D eigenvalue weighted by Gasteiger charge is 2.20. The van der Waals surface area contributed by atoms with Gasteiger partial charge in [0.25, 0.3) is 0 Å². The normalized spacial score (nSPS) is 16.2. The smallest absolute Gasteiger partial charge is 0.208 e. The molecule has 1 aliphatic heterocycles. The third-order valence-electron chi connectivity index (χ3n) is 4.78. The van der Waals surface area contributed by atoms with Gasteiger partial charge in [0.2, 0.25) is 5.89 Å². The third-order valence-corrected chi connectivity index (χ3v) is 4.78. The van der Waals surface area contributed by atoms with E-state index in [1.807, 2.05) is 26.0 Å². The SMILES string of the molecule is COc1ccc(OC)c(CN2CCN(Cc3nc(C)c(C)o3)CC2)c1. The molecule has 0 bridgehead atoms. The van der Waals surface area contributed by atoms with Gasteiger partial charge in [-0.3, -0.25) is 9.80 Å². The van der Waals surface area contributed by atoms with Crippen molar-refractivity contribution in [2.24, 2.45) is 0 Å².